The first-order valence-electron chi connectivity index (χ1n) is 13.0. The predicted octanol–water partition coefficient (Wildman–Crippen LogP) is 6.25. The molecule has 2 heterocycles. The number of aryl methyl sites for hydroxylation is 1. The van der Waals surface area contributed by atoms with E-state index in [1.165, 1.54) is 0 Å². The van der Waals surface area contributed by atoms with Crippen molar-refractivity contribution in [2.75, 3.05) is 30.4 Å². The number of fused-ring (bicyclic) bond motifs is 1. The van der Waals surface area contributed by atoms with Gasteiger partial charge in [-0.3, -0.25) is 14.4 Å². The molecule has 1 aliphatic heterocycles. The molecule has 0 fully saturated rings. The molecule has 0 aliphatic carbocycles. The van der Waals surface area contributed by atoms with Crippen molar-refractivity contribution in [2.24, 2.45) is 5.73 Å². The molecule has 214 valence electrons. The maximum atomic E-state index is 14.7. The van der Waals surface area contributed by atoms with E-state index in [1.807, 2.05) is 38.2 Å². The van der Waals surface area contributed by atoms with Crippen LogP contribution in [0.15, 0.2) is 83.8 Å². The number of rotatable bonds is 10. The van der Waals surface area contributed by atoms with Crippen LogP contribution in [0.1, 0.15) is 35.3 Å². The van der Waals surface area contributed by atoms with Crippen LogP contribution in [0.3, 0.4) is 0 Å². The number of aromatic nitrogens is 2. The van der Waals surface area contributed by atoms with Gasteiger partial charge in [-0.2, -0.15) is 5.10 Å². The summed E-state index contributed by atoms with van der Waals surface area (Å²) in [4.78, 5) is 27.0. The molecule has 41 heavy (non-hydrogen) atoms. The van der Waals surface area contributed by atoms with Gasteiger partial charge < -0.3 is 15.2 Å². The van der Waals surface area contributed by atoms with E-state index in [4.69, 9.17) is 15.2 Å². The Hall–Kier alpha value is -4.31. The number of allylic oxidation sites excluding steroid dienone is 3. The summed E-state index contributed by atoms with van der Waals surface area (Å²) in [5, 5.41) is 4.44. The number of primary amides is 1. The summed E-state index contributed by atoms with van der Waals surface area (Å²) < 4.78 is 27.5. The Balaban J connectivity index is 1.46. The first-order valence-corrected chi connectivity index (χ1v) is 14.0. The summed E-state index contributed by atoms with van der Waals surface area (Å²) in [6.45, 7) is 14.2. The topological polar surface area (TPSA) is 99.7 Å². The van der Waals surface area contributed by atoms with E-state index in [1.54, 1.807) is 46.6 Å². The molecule has 0 saturated heterocycles. The summed E-state index contributed by atoms with van der Waals surface area (Å²) in [7, 11) is 0. The first-order chi connectivity index (χ1) is 19.6. The van der Waals surface area contributed by atoms with E-state index in [0.29, 0.717) is 29.2 Å². The molecular weight excluding hydrogens is 543 g/mol. The number of thioether (sulfide) groups is 1. The van der Waals surface area contributed by atoms with Crippen molar-refractivity contribution >= 4 is 29.4 Å². The molecule has 0 atom stereocenters. The van der Waals surface area contributed by atoms with Gasteiger partial charge in [0, 0.05) is 45.6 Å². The van der Waals surface area contributed by atoms with Crippen LogP contribution in [-0.2, 0) is 16.0 Å². The van der Waals surface area contributed by atoms with Crippen molar-refractivity contribution in [2.45, 2.75) is 32.2 Å². The largest absolute Gasteiger partial charge is 0.490 e. The van der Waals surface area contributed by atoms with Crippen LogP contribution in [-0.4, -0.2) is 47.3 Å². The van der Waals surface area contributed by atoms with Gasteiger partial charge in [-0.1, -0.05) is 31.4 Å². The number of amides is 2. The molecule has 2 amide bonds. The average molecular weight is 577 g/mol. The number of nitrogens with zero attached hydrogens (tertiary/aromatic N) is 3. The average Bonchev–Trinajstić information content (AvgIpc) is 3.43. The molecule has 0 bridgehead atoms. The van der Waals surface area contributed by atoms with E-state index in [2.05, 4.69) is 18.3 Å². The van der Waals surface area contributed by atoms with Crippen molar-refractivity contribution in [3.05, 3.63) is 101 Å². The molecule has 0 saturated carbocycles. The molecule has 0 unspecified atom stereocenters. The lowest BCUT2D eigenvalue weighted by atomic mass is 10.0. The molecule has 1 aromatic heterocycles. The Labute approximate surface area is 243 Å². The maximum Gasteiger partial charge on any atom is 0.414 e. The summed E-state index contributed by atoms with van der Waals surface area (Å²) >= 11 is 1.65. The van der Waals surface area contributed by atoms with Crippen LogP contribution in [0.5, 0.6) is 0 Å². The quantitative estimate of drug-likeness (QED) is 0.174. The number of halogens is 1. The third kappa shape index (κ3) is 6.71. The van der Waals surface area contributed by atoms with Gasteiger partial charge in [0.2, 0.25) is 5.91 Å². The Morgan fingerprint density at radius 1 is 1.22 bits per heavy atom. The van der Waals surface area contributed by atoms with Crippen LogP contribution in [0, 0.1) is 12.7 Å². The lowest BCUT2D eigenvalue weighted by molar-refractivity contribution is 0.0999. The minimum atomic E-state index is -0.676. The van der Waals surface area contributed by atoms with Crippen LogP contribution < -0.4 is 10.6 Å². The third-order valence-corrected chi connectivity index (χ3v) is 8.04. The van der Waals surface area contributed by atoms with Gasteiger partial charge in [-0.05, 0) is 55.7 Å². The number of carbonyl (C=O) groups is 2. The second kappa shape index (κ2) is 12.9. The number of benzene rings is 2. The highest BCUT2D eigenvalue weighted by molar-refractivity contribution is 7.99. The number of nitrogens with two attached hydrogens (primary N) is 1. The highest BCUT2D eigenvalue weighted by atomic mass is 32.2. The standard InChI is InChI=1S/C31H33FN4O4S/c1-6-19(2)21(4)22(5)39-11-12-40-31(38)36-10-13-41-29-25(8-7-9-28(29)36)24-16-34-35(17-24)18-26-20(3)14-23(30(33)37)15-27(26)32/h6-9,14-17H,1,5,10-13,18H2,2-4H3,(H2,33,37)/b21-19-. The molecule has 2 N–H and O–H groups in total. The van der Waals surface area contributed by atoms with Gasteiger partial charge in [0.1, 0.15) is 24.8 Å². The van der Waals surface area contributed by atoms with Gasteiger partial charge in [-0.15, -0.1) is 11.8 Å². The smallest absolute Gasteiger partial charge is 0.414 e. The van der Waals surface area contributed by atoms with Crippen molar-refractivity contribution < 1.29 is 23.5 Å². The summed E-state index contributed by atoms with van der Waals surface area (Å²) in [6.07, 6.45) is 4.84. The minimum Gasteiger partial charge on any atom is -0.490 e. The number of anilines is 1. The number of hydrogen-bond donors (Lipinski definition) is 1. The van der Waals surface area contributed by atoms with E-state index < -0.39 is 17.8 Å². The molecular formula is C31H33FN4O4S. The zero-order valence-electron chi connectivity index (χ0n) is 23.4. The molecule has 2 aromatic carbocycles. The second-order valence-corrected chi connectivity index (χ2v) is 10.7. The normalized spacial score (nSPS) is 13.2. The number of hydrogen-bond acceptors (Lipinski definition) is 6. The molecule has 3 aromatic rings. The fourth-order valence-electron chi connectivity index (χ4n) is 4.39. The highest BCUT2D eigenvalue weighted by Crippen LogP contribution is 2.42. The Bertz CT molecular complexity index is 1520. The van der Waals surface area contributed by atoms with Crippen LogP contribution in [0.2, 0.25) is 0 Å². The van der Waals surface area contributed by atoms with Gasteiger partial charge in [0.15, 0.2) is 0 Å². The molecule has 1 aliphatic rings. The van der Waals surface area contributed by atoms with Crippen LogP contribution in [0.25, 0.3) is 11.1 Å². The Kier molecular flexibility index (Phi) is 9.34. The Morgan fingerprint density at radius 3 is 2.68 bits per heavy atom. The zero-order valence-corrected chi connectivity index (χ0v) is 24.2. The fourth-order valence-corrected chi connectivity index (χ4v) is 5.53. The summed E-state index contributed by atoms with van der Waals surface area (Å²) in [5.41, 5.74) is 10.8. The SMILES string of the molecule is C=C/C(C)=C(/C)C(=C)OCCOC(=O)N1CCSc2c(-c3cnn(Cc4c(C)cc(C(N)=O)cc4F)c3)cccc21. The summed E-state index contributed by atoms with van der Waals surface area (Å²) in [6, 6.07) is 8.47. The van der Waals surface area contributed by atoms with E-state index >= 15 is 0 Å². The van der Waals surface area contributed by atoms with Crippen LogP contribution >= 0.6 is 11.8 Å². The lowest BCUT2D eigenvalue weighted by Crippen LogP contribution is -2.36. The van der Waals surface area contributed by atoms with E-state index in [0.717, 1.165) is 38.9 Å². The zero-order chi connectivity index (χ0) is 29.7. The van der Waals surface area contributed by atoms with Crippen molar-refractivity contribution in [1.82, 2.24) is 9.78 Å². The van der Waals surface area contributed by atoms with E-state index in [-0.39, 0.29) is 25.3 Å². The molecule has 0 spiro atoms. The van der Waals surface area contributed by atoms with Crippen molar-refractivity contribution in [1.29, 1.82) is 0 Å². The molecule has 8 nitrogen and oxygen atoms in total. The van der Waals surface area contributed by atoms with E-state index in [9.17, 15) is 14.0 Å². The predicted molar refractivity (Wildman–Crippen MR) is 160 cm³/mol. The monoisotopic (exact) mass is 576 g/mol. The highest BCUT2D eigenvalue weighted by Gasteiger charge is 2.27. The molecule has 0 radical (unpaired) electrons. The minimum absolute atomic E-state index is 0.0834. The first kappa shape index (κ1) is 29.7. The lowest BCUT2D eigenvalue weighted by Gasteiger charge is -2.29. The van der Waals surface area contributed by atoms with Gasteiger partial charge in [0.05, 0.1) is 18.4 Å². The third-order valence-electron chi connectivity index (χ3n) is 6.94. The van der Waals surface area contributed by atoms with Gasteiger partial charge >= 0.3 is 6.09 Å². The number of ether oxygens (including phenoxy) is 2. The van der Waals surface area contributed by atoms with Gasteiger partial charge in [0.25, 0.3) is 0 Å². The Morgan fingerprint density at radius 2 is 1.98 bits per heavy atom. The second-order valence-electron chi connectivity index (χ2n) is 9.60. The van der Waals surface area contributed by atoms with Gasteiger partial charge in [-0.25, -0.2) is 9.18 Å². The molecule has 4 rings (SSSR count). The maximum absolute atomic E-state index is 14.7. The van der Waals surface area contributed by atoms with Crippen molar-refractivity contribution in [3.63, 3.8) is 0 Å². The molecule has 10 heteroatoms. The fraction of sp³-hybridized carbons (Fsp3) is 0.258. The van der Waals surface area contributed by atoms with Crippen LogP contribution in [0.4, 0.5) is 14.9 Å². The van der Waals surface area contributed by atoms with Crippen molar-refractivity contribution in [3.8, 4) is 11.1 Å². The summed E-state index contributed by atoms with van der Waals surface area (Å²) in [5.74, 6) is 0.0298. The number of carbonyl (C=O) groups excluding carboxylic acids is 2.